The van der Waals surface area contributed by atoms with Gasteiger partial charge < -0.3 is 15.2 Å². The van der Waals surface area contributed by atoms with Crippen molar-refractivity contribution in [1.82, 2.24) is 5.32 Å². The lowest BCUT2D eigenvalue weighted by Crippen LogP contribution is -2.29. The van der Waals surface area contributed by atoms with Gasteiger partial charge in [0, 0.05) is 6.54 Å². The summed E-state index contributed by atoms with van der Waals surface area (Å²) in [6.07, 6.45) is 0.341. The fourth-order valence-electron chi connectivity index (χ4n) is 1.72. The topological polar surface area (TPSA) is 58.6 Å². The average molecular weight is 251 g/mol. The molecule has 0 aliphatic rings. The number of methoxy groups -OCH3 is 1. The van der Waals surface area contributed by atoms with Crippen molar-refractivity contribution in [3.05, 3.63) is 35.9 Å². The van der Waals surface area contributed by atoms with Gasteiger partial charge in [-0.1, -0.05) is 30.3 Å². The minimum absolute atomic E-state index is 0.245. The molecule has 0 bridgehead atoms. The van der Waals surface area contributed by atoms with Crippen LogP contribution in [0.5, 0.6) is 0 Å². The van der Waals surface area contributed by atoms with Crippen molar-refractivity contribution in [3.8, 4) is 0 Å². The predicted octanol–water partition coefficient (Wildman–Crippen LogP) is 1.30. The van der Waals surface area contributed by atoms with Crippen molar-refractivity contribution < 1.29 is 14.6 Å². The van der Waals surface area contributed by atoms with Gasteiger partial charge in [0.1, 0.15) is 0 Å². The molecule has 0 spiro atoms. The molecule has 1 rings (SSSR count). The highest BCUT2D eigenvalue weighted by Gasteiger charge is 2.20. The Morgan fingerprint density at radius 1 is 1.39 bits per heavy atom. The van der Waals surface area contributed by atoms with E-state index >= 15 is 0 Å². The molecule has 1 aromatic rings. The normalized spacial score (nSPS) is 13.9. The summed E-state index contributed by atoms with van der Waals surface area (Å²) >= 11 is 0. The number of carbonyl (C=O) groups excluding carboxylic acids is 1. The molecule has 18 heavy (non-hydrogen) atoms. The number of hydrogen-bond donors (Lipinski definition) is 2. The maximum Gasteiger partial charge on any atom is 0.314 e. The summed E-state index contributed by atoms with van der Waals surface area (Å²) in [5.74, 6) is -0.545. The van der Waals surface area contributed by atoms with Gasteiger partial charge in [0.25, 0.3) is 0 Å². The summed E-state index contributed by atoms with van der Waals surface area (Å²) in [6.45, 7) is 2.94. The minimum atomic E-state index is -0.328. The smallest absolute Gasteiger partial charge is 0.314 e. The van der Waals surface area contributed by atoms with Crippen molar-refractivity contribution >= 4 is 5.97 Å². The molecule has 4 nitrogen and oxygen atoms in total. The van der Waals surface area contributed by atoms with E-state index in [2.05, 4.69) is 5.32 Å². The number of aliphatic hydroxyl groups excluding tert-OH is 1. The second-order valence-electron chi connectivity index (χ2n) is 4.33. The number of nitrogens with one attached hydrogen (secondary N) is 1. The number of esters is 1. The van der Waals surface area contributed by atoms with Crippen molar-refractivity contribution in [2.75, 3.05) is 20.2 Å². The van der Waals surface area contributed by atoms with E-state index in [0.29, 0.717) is 19.5 Å². The highest BCUT2D eigenvalue weighted by molar-refractivity contribution is 5.78. The summed E-state index contributed by atoms with van der Waals surface area (Å²) in [6, 6.07) is 9.55. The third kappa shape index (κ3) is 4.85. The van der Waals surface area contributed by atoms with Gasteiger partial charge in [-0.15, -0.1) is 0 Å². The van der Waals surface area contributed by atoms with Crippen LogP contribution in [-0.2, 0) is 9.53 Å². The lowest BCUT2D eigenvalue weighted by molar-refractivity contribution is -0.142. The minimum Gasteiger partial charge on any atom is -0.469 e. The van der Waals surface area contributed by atoms with Crippen LogP contribution in [0.3, 0.4) is 0 Å². The van der Waals surface area contributed by atoms with Crippen LogP contribution < -0.4 is 5.32 Å². The van der Waals surface area contributed by atoms with Crippen molar-refractivity contribution in [2.24, 2.45) is 0 Å². The second kappa shape index (κ2) is 7.84. The fourth-order valence-corrected chi connectivity index (χ4v) is 1.72. The van der Waals surface area contributed by atoms with Crippen LogP contribution in [0.25, 0.3) is 0 Å². The predicted molar refractivity (Wildman–Crippen MR) is 70.4 cm³/mol. The van der Waals surface area contributed by atoms with Gasteiger partial charge >= 0.3 is 5.97 Å². The Kier molecular flexibility index (Phi) is 6.39. The zero-order valence-corrected chi connectivity index (χ0v) is 10.9. The van der Waals surface area contributed by atoms with E-state index in [1.165, 1.54) is 7.11 Å². The summed E-state index contributed by atoms with van der Waals surface area (Å²) in [4.78, 5) is 11.7. The van der Waals surface area contributed by atoms with Gasteiger partial charge in [-0.2, -0.15) is 0 Å². The van der Waals surface area contributed by atoms with Crippen LogP contribution in [-0.4, -0.2) is 37.4 Å². The maximum atomic E-state index is 11.7. The van der Waals surface area contributed by atoms with E-state index in [4.69, 9.17) is 9.84 Å². The Labute approximate surface area is 108 Å². The summed E-state index contributed by atoms with van der Waals surface area (Å²) in [5.41, 5.74) is 0.939. The zero-order chi connectivity index (χ0) is 13.4. The molecule has 2 N–H and O–H groups in total. The van der Waals surface area contributed by atoms with Gasteiger partial charge in [0.05, 0.1) is 19.1 Å². The van der Waals surface area contributed by atoms with Crippen molar-refractivity contribution in [1.29, 1.82) is 0 Å². The Hall–Kier alpha value is -1.39. The SMILES string of the molecule is COC(=O)C(CNCCC(C)O)c1ccccc1. The molecule has 0 amide bonds. The molecular formula is C14H21NO3. The number of hydrogen-bond acceptors (Lipinski definition) is 4. The Morgan fingerprint density at radius 3 is 2.61 bits per heavy atom. The van der Waals surface area contributed by atoms with E-state index in [9.17, 15) is 4.79 Å². The van der Waals surface area contributed by atoms with Crippen LogP contribution in [0.4, 0.5) is 0 Å². The lowest BCUT2D eigenvalue weighted by Gasteiger charge is -2.16. The van der Waals surface area contributed by atoms with E-state index < -0.39 is 0 Å². The highest BCUT2D eigenvalue weighted by Crippen LogP contribution is 2.16. The van der Waals surface area contributed by atoms with E-state index in [0.717, 1.165) is 5.56 Å². The summed E-state index contributed by atoms with van der Waals surface area (Å²) in [7, 11) is 1.40. The van der Waals surface area contributed by atoms with Crippen LogP contribution in [0.2, 0.25) is 0 Å². The first-order chi connectivity index (χ1) is 8.65. The molecule has 0 saturated heterocycles. The number of carbonyl (C=O) groups is 1. The zero-order valence-electron chi connectivity index (χ0n) is 10.9. The maximum absolute atomic E-state index is 11.7. The summed E-state index contributed by atoms with van der Waals surface area (Å²) in [5, 5.41) is 12.3. The fraction of sp³-hybridized carbons (Fsp3) is 0.500. The first kappa shape index (κ1) is 14.7. The van der Waals surface area contributed by atoms with E-state index in [-0.39, 0.29) is 18.0 Å². The van der Waals surface area contributed by atoms with Crippen LogP contribution >= 0.6 is 0 Å². The van der Waals surface area contributed by atoms with Gasteiger partial charge in [0.15, 0.2) is 0 Å². The average Bonchev–Trinajstić information content (AvgIpc) is 2.38. The van der Waals surface area contributed by atoms with Gasteiger partial charge in [-0.3, -0.25) is 4.79 Å². The highest BCUT2D eigenvalue weighted by atomic mass is 16.5. The van der Waals surface area contributed by atoms with Crippen molar-refractivity contribution in [2.45, 2.75) is 25.4 Å². The summed E-state index contributed by atoms with van der Waals surface area (Å²) < 4.78 is 4.82. The Bertz CT molecular complexity index is 351. The first-order valence-electron chi connectivity index (χ1n) is 6.16. The monoisotopic (exact) mass is 251 g/mol. The molecule has 100 valence electrons. The van der Waals surface area contributed by atoms with Crippen LogP contribution in [0.15, 0.2) is 30.3 Å². The Balaban J connectivity index is 2.55. The molecule has 2 atom stereocenters. The molecule has 0 heterocycles. The molecule has 2 unspecified atom stereocenters. The molecule has 4 heteroatoms. The van der Waals surface area contributed by atoms with E-state index in [1.54, 1.807) is 6.92 Å². The number of benzene rings is 1. The molecule has 1 aromatic carbocycles. The first-order valence-corrected chi connectivity index (χ1v) is 6.16. The van der Waals surface area contributed by atoms with Gasteiger partial charge in [-0.05, 0) is 25.5 Å². The number of rotatable bonds is 7. The largest absolute Gasteiger partial charge is 0.469 e. The third-order valence-electron chi connectivity index (χ3n) is 2.77. The van der Waals surface area contributed by atoms with Gasteiger partial charge in [-0.25, -0.2) is 0 Å². The Morgan fingerprint density at radius 2 is 2.06 bits per heavy atom. The molecule has 0 radical (unpaired) electrons. The molecule has 0 aromatic heterocycles. The number of ether oxygens (including phenoxy) is 1. The van der Waals surface area contributed by atoms with Gasteiger partial charge in [0.2, 0.25) is 0 Å². The van der Waals surface area contributed by atoms with E-state index in [1.807, 2.05) is 30.3 Å². The molecule has 0 aliphatic carbocycles. The quantitative estimate of drug-likeness (QED) is 0.566. The molecule has 0 saturated carbocycles. The van der Waals surface area contributed by atoms with Crippen molar-refractivity contribution in [3.63, 3.8) is 0 Å². The van der Waals surface area contributed by atoms with Crippen LogP contribution in [0.1, 0.15) is 24.8 Å². The van der Waals surface area contributed by atoms with Crippen LogP contribution in [0, 0.1) is 0 Å². The second-order valence-corrected chi connectivity index (χ2v) is 4.33. The molecule has 0 aliphatic heterocycles. The standard InChI is InChI=1S/C14H21NO3/c1-11(16)8-9-15-10-13(14(17)18-2)12-6-4-3-5-7-12/h3-7,11,13,15-16H,8-10H2,1-2H3. The number of aliphatic hydroxyl groups is 1. The molecule has 0 fully saturated rings. The molecular weight excluding hydrogens is 230 g/mol. The third-order valence-corrected chi connectivity index (χ3v) is 2.77. The lowest BCUT2D eigenvalue weighted by atomic mass is 9.99.